The Kier molecular flexibility index (Phi) is 3.45. The molecule has 0 bridgehead atoms. The second-order valence-electron chi connectivity index (χ2n) is 6.18. The fourth-order valence-electron chi connectivity index (χ4n) is 3.42. The molecule has 0 saturated carbocycles. The van der Waals surface area contributed by atoms with Gasteiger partial charge in [-0.2, -0.15) is 0 Å². The van der Waals surface area contributed by atoms with Crippen LogP contribution in [0.1, 0.15) is 12.5 Å². The molecule has 1 amide bonds. The summed E-state index contributed by atoms with van der Waals surface area (Å²) in [5, 5.41) is 0. The van der Waals surface area contributed by atoms with Gasteiger partial charge in [-0.25, -0.2) is 0 Å². The second kappa shape index (κ2) is 5.61. The lowest BCUT2D eigenvalue weighted by Gasteiger charge is -2.37. The molecule has 2 aromatic carbocycles. The van der Waals surface area contributed by atoms with Crippen LogP contribution in [0.15, 0.2) is 48.5 Å². The van der Waals surface area contributed by atoms with Crippen LogP contribution < -0.4 is 14.5 Å². The molecule has 2 aliphatic heterocycles. The fourth-order valence-corrected chi connectivity index (χ4v) is 3.42. The van der Waals surface area contributed by atoms with E-state index >= 15 is 0 Å². The van der Waals surface area contributed by atoms with Crippen molar-refractivity contribution in [2.45, 2.75) is 19.4 Å². The highest BCUT2D eigenvalue weighted by Gasteiger charge is 2.30. The van der Waals surface area contributed by atoms with Crippen molar-refractivity contribution in [1.29, 1.82) is 0 Å². The smallest absolute Gasteiger partial charge is 0.246 e. The number of hydrogen-bond acceptors (Lipinski definition) is 3. The van der Waals surface area contributed by atoms with Gasteiger partial charge in [0.05, 0.1) is 18.3 Å². The number of rotatable bonds is 2. The molecule has 2 heterocycles. The van der Waals surface area contributed by atoms with Crippen molar-refractivity contribution < 1.29 is 9.53 Å². The van der Waals surface area contributed by atoms with Gasteiger partial charge in [0.15, 0.2) is 0 Å². The SMILES string of the molecule is C[C@H]1COc2ccccc2N1CC(=O)N1CCc2ccccc21. The molecule has 23 heavy (non-hydrogen) atoms. The molecule has 118 valence electrons. The highest BCUT2D eigenvalue weighted by atomic mass is 16.5. The van der Waals surface area contributed by atoms with E-state index in [1.165, 1.54) is 5.56 Å². The van der Waals surface area contributed by atoms with Crippen LogP contribution in [0.2, 0.25) is 0 Å². The van der Waals surface area contributed by atoms with Gasteiger partial charge >= 0.3 is 0 Å². The molecule has 0 unspecified atom stereocenters. The topological polar surface area (TPSA) is 32.8 Å². The molecule has 0 aromatic heterocycles. The van der Waals surface area contributed by atoms with Crippen molar-refractivity contribution in [1.82, 2.24) is 0 Å². The Morgan fingerprint density at radius 2 is 1.87 bits per heavy atom. The minimum atomic E-state index is 0.151. The molecule has 4 rings (SSSR count). The van der Waals surface area contributed by atoms with Crippen LogP contribution in [0.3, 0.4) is 0 Å². The molecule has 0 fully saturated rings. The molecule has 0 spiro atoms. The van der Waals surface area contributed by atoms with Gasteiger partial charge in [0.25, 0.3) is 0 Å². The first-order chi connectivity index (χ1) is 11.2. The van der Waals surface area contributed by atoms with Crippen molar-refractivity contribution in [3.05, 3.63) is 54.1 Å². The van der Waals surface area contributed by atoms with E-state index in [4.69, 9.17) is 4.74 Å². The summed E-state index contributed by atoms with van der Waals surface area (Å²) in [4.78, 5) is 16.9. The number of amides is 1. The average molecular weight is 308 g/mol. The fraction of sp³-hybridized carbons (Fsp3) is 0.316. The molecule has 0 aliphatic carbocycles. The number of benzene rings is 2. The van der Waals surface area contributed by atoms with E-state index in [-0.39, 0.29) is 11.9 Å². The first kappa shape index (κ1) is 14.1. The van der Waals surface area contributed by atoms with Crippen molar-refractivity contribution in [3.8, 4) is 5.75 Å². The summed E-state index contributed by atoms with van der Waals surface area (Å²) < 4.78 is 5.76. The molecule has 2 aromatic rings. The lowest BCUT2D eigenvalue weighted by atomic mass is 10.1. The maximum atomic E-state index is 12.9. The van der Waals surface area contributed by atoms with Gasteiger partial charge in [-0.05, 0) is 37.1 Å². The number of nitrogens with zero attached hydrogens (tertiary/aromatic N) is 2. The van der Waals surface area contributed by atoms with E-state index in [0.717, 1.165) is 30.1 Å². The summed E-state index contributed by atoms with van der Waals surface area (Å²) in [6.07, 6.45) is 0.942. The van der Waals surface area contributed by atoms with Gasteiger partial charge in [0.1, 0.15) is 12.4 Å². The van der Waals surface area contributed by atoms with Gasteiger partial charge in [-0.3, -0.25) is 4.79 Å². The van der Waals surface area contributed by atoms with Crippen LogP contribution in [0.5, 0.6) is 5.75 Å². The Hall–Kier alpha value is -2.49. The first-order valence-electron chi connectivity index (χ1n) is 8.11. The summed E-state index contributed by atoms with van der Waals surface area (Å²) in [7, 11) is 0. The normalized spacial score (nSPS) is 19.1. The molecule has 2 aliphatic rings. The van der Waals surface area contributed by atoms with Crippen molar-refractivity contribution in [2.24, 2.45) is 0 Å². The van der Waals surface area contributed by atoms with E-state index in [9.17, 15) is 4.79 Å². The summed E-state index contributed by atoms with van der Waals surface area (Å²) in [5.41, 5.74) is 3.33. The van der Waals surface area contributed by atoms with Gasteiger partial charge in [0.2, 0.25) is 5.91 Å². The molecule has 0 saturated heterocycles. The third-order valence-electron chi connectivity index (χ3n) is 4.68. The van der Waals surface area contributed by atoms with Crippen LogP contribution in [-0.4, -0.2) is 31.6 Å². The number of carbonyl (C=O) groups is 1. The van der Waals surface area contributed by atoms with Gasteiger partial charge < -0.3 is 14.5 Å². The summed E-state index contributed by atoms with van der Waals surface area (Å²) in [6, 6.07) is 16.3. The second-order valence-corrected chi connectivity index (χ2v) is 6.18. The van der Waals surface area contributed by atoms with Crippen LogP contribution >= 0.6 is 0 Å². The van der Waals surface area contributed by atoms with E-state index < -0.39 is 0 Å². The first-order valence-corrected chi connectivity index (χ1v) is 8.11. The zero-order chi connectivity index (χ0) is 15.8. The molecule has 4 heteroatoms. The largest absolute Gasteiger partial charge is 0.489 e. The van der Waals surface area contributed by atoms with Crippen molar-refractivity contribution in [3.63, 3.8) is 0 Å². The number of fused-ring (bicyclic) bond motifs is 2. The summed E-state index contributed by atoms with van der Waals surface area (Å²) in [5.74, 6) is 1.01. The number of para-hydroxylation sites is 3. The van der Waals surface area contributed by atoms with Crippen molar-refractivity contribution >= 4 is 17.3 Å². The minimum Gasteiger partial charge on any atom is -0.489 e. The Morgan fingerprint density at radius 3 is 2.74 bits per heavy atom. The molecular weight excluding hydrogens is 288 g/mol. The summed E-state index contributed by atoms with van der Waals surface area (Å²) in [6.45, 7) is 3.87. The van der Waals surface area contributed by atoms with Crippen LogP contribution in [0.4, 0.5) is 11.4 Å². The van der Waals surface area contributed by atoms with Gasteiger partial charge in [-0.1, -0.05) is 30.3 Å². The number of carbonyl (C=O) groups excluding carboxylic acids is 1. The average Bonchev–Trinajstić information content (AvgIpc) is 3.01. The molecular formula is C19H20N2O2. The predicted molar refractivity (Wildman–Crippen MR) is 91.2 cm³/mol. The number of ether oxygens (including phenoxy) is 1. The molecule has 0 N–H and O–H groups in total. The van der Waals surface area contributed by atoms with Gasteiger partial charge in [0, 0.05) is 12.2 Å². The Labute approximate surface area is 136 Å². The van der Waals surface area contributed by atoms with Crippen LogP contribution in [0.25, 0.3) is 0 Å². The third kappa shape index (κ3) is 2.44. The maximum absolute atomic E-state index is 12.9. The summed E-state index contributed by atoms with van der Waals surface area (Å²) >= 11 is 0. The van der Waals surface area contributed by atoms with E-state index in [1.54, 1.807) is 0 Å². The van der Waals surface area contributed by atoms with Crippen LogP contribution in [-0.2, 0) is 11.2 Å². The molecule has 0 radical (unpaired) electrons. The number of hydrogen-bond donors (Lipinski definition) is 0. The van der Waals surface area contributed by atoms with E-state index in [0.29, 0.717) is 13.2 Å². The molecule has 1 atom stereocenters. The lowest BCUT2D eigenvalue weighted by Crippen LogP contribution is -2.47. The minimum absolute atomic E-state index is 0.151. The highest BCUT2D eigenvalue weighted by molar-refractivity contribution is 5.98. The quantitative estimate of drug-likeness (QED) is 0.855. The van der Waals surface area contributed by atoms with E-state index in [1.807, 2.05) is 47.4 Å². The molecule has 4 nitrogen and oxygen atoms in total. The Bertz CT molecular complexity index is 744. The third-order valence-corrected chi connectivity index (χ3v) is 4.68. The highest BCUT2D eigenvalue weighted by Crippen LogP contribution is 2.34. The maximum Gasteiger partial charge on any atom is 0.246 e. The zero-order valence-corrected chi connectivity index (χ0v) is 13.2. The lowest BCUT2D eigenvalue weighted by molar-refractivity contribution is -0.117. The van der Waals surface area contributed by atoms with Crippen molar-refractivity contribution in [2.75, 3.05) is 29.5 Å². The van der Waals surface area contributed by atoms with E-state index in [2.05, 4.69) is 17.9 Å². The number of anilines is 2. The Balaban J connectivity index is 1.58. The van der Waals surface area contributed by atoms with Gasteiger partial charge in [-0.15, -0.1) is 0 Å². The van der Waals surface area contributed by atoms with Crippen LogP contribution in [0, 0.1) is 0 Å². The zero-order valence-electron chi connectivity index (χ0n) is 13.2. The standard InChI is InChI=1S/C19H20N2O2/c1-14-13-23-18-9-5-4-8-17(18)21(14)12-19(22)20-11-10-15-6-2-3-7-16(15)20/h2-9,14H,10-13H2,1H3/t14-/m0/s1. The monoisotopic (exact) mass is 308 g/mol. The predicted octanol–water partition coefficient (Wildman–Crippen LogP) is 2.86. The Morgan fingerprint density at radius 1 is 1.13 bits per heavy atom.